The number of carbonyl (C=O) groups excluding carboxylic acids is 1. The van der Waals surface area contributed by atoms with Crippen LogP contribution in [0, 0.1) is 6.92 Å². The Hall–Kier alpha value is -4.01. The van der Waals surface area contributed by atoms with Gasteiger partial charge in [-0.3, -0.25) is 18.7 Å². The molecule has 0 saturated carbocycles. The van der Waals surface area contributed by atoms with E-state index in [1.54, 1.807) is 38.1 Å². The molecule has 0 saturated heterocycles. The van der Waals surface area contributed by atoms with Crippen molar-refractivity contribution < 1.29 is 13.9 Å². The molecule has 0 amide bonds. The fourth-order valence-electron chi connectivity index (χ4n) is 3.43. The highest BCUT2D eigenvalue weighted by molar-refractivity contribution is 5.80. The van der Waals surface area contributed by atoms with Gasteiger partial charge in [0.15, 0.2) is 6.10 Å². The Bertz CT molecular complexity index is 1400. The lowest BCUT2D eigenvalue weighted by molar-refractivity contribution is -0.150. The Balaban J connectivity index is 1.56. The van der Waals surface area contributed by atoms with Crippen molar-refractivity contribution in [1.82, 2.24) is 19.3 Å². The van der Waals surface area contributed by atoms with Crippen molar-refractivity contribution in [2.24, 2.45) is 0 Å². The summed E-state index contributed by atoms with van der Waals surface area (Å²) in [6, 6.07) is 14.3. The Morgan fingerprint density at radius 3 is 2.50 bits per heavy atom. The lowest BCUT2D eigenvalue weighted by Crippen LogP contribution is -2.41. The molecule has 0 aliphatic carbocycles. The first-order valence-corrected chi connectivity index (χ1v) is 10.2. The van der Waals surface area contributed by atoms with Gasteiger partial charge >= 0.3 is 11.7 Å². The van der Waals surface area contributed by atoms with Crippen molar-refractivity contribution in [3.63, 3.8) is 0 Å². The second-order valence-corrected chi connectivity index (χ2v) is 7.38. The van der Waals surface area contributed by atoms with Gasteiger partial charge < -0.3 is 9.15 Å². The van der Waals surface area contributed by atoms with Crippen LogP contribution in [-0.2, 0) is 22.6 Å². The zero-order valence-corrected chi connectivity index (χ0v) is 17.9. The molecule has 0 N–H and O–H groups in total. The van der Waals surface area contributed by atoms with Gasteiger partial charge in [-0.15, -0.1) is 10.2 Å². The predicted octanol–water partition coefficient (Wildman–Crippen LogP) is 2.85. The molecule has 0 spiro atoms. The first kappa shape index (κ1) is 21.2. The number of benzene rings is 2. The number of ether oxygens (including phenoxy) is 1. The zero-order chi connectivity index (χ0) is 22.8. The molecule has 164 valence electrons. The molecule has 9 nitrogen and oxygen atoms in total. The van der Waals surface area contributed by atoms with Crippen molar-refractivity contribution in [3.8, 4) is 11.5 Å². The van der Waals surface area contributed by atoms with Crippen LogP contribution in [-0.4, -0.2) is 25.3 Å². The summed E-state index contributed by atoms with van der Waals surface area (Å²) < 4.78 is 13.4. The number of carbonyl (C=O) groups is 1. The fraction of sp³-hybridized carbons (Fsp3) is 0.261. The molecule has 2 aromatic heterocycles. The summed E-state index contributed by atoms with van der Waals surface area (Å²) in [6.07, 6.45) is -0.812. The van der Waals surface area contributed by atoms with Crippen LogP contribution in [0.15, 0.2) is 62.5 Å². The quantitative estimate of drug-likeness (QED) is 0.429. The van der Waals surface area contributed by atoms with E-state index in [4.69, 9.17) is 9.15 Å². The number of aromatic nitrogens is 4. The highest BCUT2D eigenvalue weighted by Crippen LogP contribution is 2.23. The largest absolute Gasteiger partial charge is 0.451 e. The molecule has 9 heteroatoms. The van der Waals surface area contributed by atoms with E-state index >= 15 is 0 Å². The van der Waals surface area contributed by atoms with Gasteiger partial charge in [-0.05, 0) is 45.0 Å². The maximum Gasteiger partial charge on any atom is 0.332 e. The number of rotatable bonds is 6. The van der Waals surface area contributed by atoms with Gasteiger partial charge in [0, 0.05) is 12.1 Å². The van der Waals surface area contributed by atoms with Crippen molar-refractivity contribution in [3.05, 3.63) is 80.8 Å². The summed E-state index contributed by atoms with van der Waals surface area (Å²) in [6.45, 7) is 5.12. The van der Waals surface area contributed by atoms with Crippen LogP contribution in [0.1, 0.15) is 31.4 Å². The average Bonchev–Trinajstić information content (AvgIpc) is 3.28. The molecule has 1 atom stereocenters. The molecule has 1 unspecified atom stereocenters. The van der Waals surface area contributed by atoms with E-state index in [2.05, 4.69) is 10.2 Å². The zero-order valence-electron chi connectivity index (χ0n) is 17.9. The standard InChI is InChI=1S/C23H22N4O5/c1-4-26-22(29)17-7-5-6-8-18(17)27(23(26)30)13-19(28)31-15(3)20-24-25-21(32-20)16-11-9-14(2)10-12-16/h5-12,15H,4,13H2,1-3H3. The second kappa shape index (κ2) is 8.62. The summed E-state index contributed by atoms with van der Waals surface area (Å²) in [5.41, 5.74) is 1.28. The number of esters is 1. The maximum absolute atomic E-state index is 12.8. The van der Waals surface area contributed by atoms with Crippen LogP contribution in [0.4, 0.5) is 0 Å². The molecule has 0 bridgehead atoms. The molecule has 0 aliphatic rings. The number of nitrogens with zero attached hydrogens (tertiary/aromatic N) is 4. The van der Waals surface area contributed by atoms with Gasteiger partial charge in [-0.1, -0.05) is 29.8 Å². The molecule has 2 heterocycles. The molecular formula is C23H22N4O5. The van der Waals surface area contributed by atoms with E-state index in [1.807, 2.05) is 31.2 Å². The third-order valence-electron chi connectivity index (χ3n) is 5.13. The highest BCUT2D eigenvalue weighted by Gasteiger charge is 2.21. The number of fused-ring (bicyclic) bond motifs is 1. The topological polar surface area (TPSA) is 109 Å². The molecule has 0 radical (unpaired) electrons. The lowest BCUT2D eigenvalue weighted by atomic mass is 10.1. The first-order valence-electron chi connectivity index (χ1n) is 10.2. The monoisotopic (exact) mass is 434 g/mol. The summed E-state index contributed by atoms with van der Waals surface area (Å²) in [4.78, 5) is 37.9. The van der Waals surface area contributed by atoms with Crippen LogP contribution in [0.3, 0.4) is 0 Å². The SMILES string of the molecule is CCn1c(=O)c2ccccc2n(CC(=O)OC(C)c2nnc(-c3ccc(C)cc3)o2)c1=O. The van der Waals surface area contributed by atoms with E-state index < -0.39 is 17.8 Å². The molecule has 2 aromatic carbocycles. The number of hydrogen-bond acceptors (Lipinski definition) is 7. The molecular weight excluding hydrogens is 412 g/mol. The minimum absolute atomic E-state index is 0.143. The fourth-order valence-corrected chi connectivity index (χ4v) is 3.43. The molecule has 32 heavy (non-hydrogen) atoms. The number of aryl methyl sites for hydroxylation is 1. The van der Waals surface area contributed by atoms with Gasteiger partial charge in [0.25, 0.3) is 11.4 Å². The van der Waals surface area contributed by atoms with E-state index in [9.17, 15) is 14.4 Å². The Kier molecular flexibility index (Phi) is 5.72. The van der Waals surface area contributed by atoms with Crippen molar-refractivity contribution in [1.29, 1.82) is 0 Å². The average molecular weight is 434 g/mol. The van der Waals surface area contributed by atoms with Gasteiger partial charge in [0.1, 0.15) is 6.54 Å². The smallest absolute Gasteiger partial charge is 0.332 e. The van der Waals surface area contributed by atoms with Crippen LogP contribution >= 0.6 is 0 Å². The van der Waals surface area contributed by atoms with Crippen molar-refractivity contribution in [2.45, 2.75) is 40.0 Å². The minimum Gasteiger partial charge on any atom is -0.451 e. The second-order valence-electron chi connectivity index (χ2n) is 7.38. The maximum atomic E-state index is 12.8. The number of hydrogen-bond donors (Lipinski definition) is 0. The van der Waals surface area contributed by atoms with E-state index in [-0.39, 0.29) is 24.5 Å². The van der Waals surface area contributed by atoms with E-state index in [1.165, 1.54) is 4.57 Å². The predicted molar refractivity (Wildman–Crippen MR) is 117 cm³/mol. The molecule has 4 rings (SSSR count). The third kappa shape index (κ3) is 3.96. The van der Waals surface area contributed by atoms with Gasteiger partial charge in [-0.2, -0.15) is 0 Å². The molecule has 0 fully saturated rings. The Labute approximate surface area is 182 Å². The third-order valence-corrected chi connectivity index (χ3v) is 5.13. The van der Waals surface area contributed by atoms with Gasteiger partial charge in [0.2, 0.25) is 5.89 Å². The van der Waals surface area contributed by atoms with Crippen LogP contribution in [0.5, 0.6) is 0 Å². The van der Waals surface area contributed by atoms with E-state index in [0.717, 1.165) is 15.7 Å². The highest BCUT2D eigenvalue weighted by atomic mass is 16.6. The summed E-state index contributed by atoms with van der Waals surface area (Å²) in [5.74, 6) is -0.203. The Morgan fingerprint density at radius 1 is 1.06 bits per heavy atom. The Morgan fingerprint density at radius 2 is 1.78 bits per heavy atom. The molecule has 0 aliphatic heterocycles. The van der Waals surface area contributed by atoms with Gasteiger partial charge in [0.05, 0.1) is 10.9 Å². The van der Waals surface area contributed by atoms with Crippen molar-refractivity contribution in [2.75, 3.05) is 0 Å². The number of para-hydroxylation sites is 1. The van der Waals surface area contributed by atoms with Crippen LogP contribution in [0.25, 0.3) is 22.4 Å². The van der Waals surface area contributed by atoms with Crippen molar-refractivity contribution >= 4 is 16.9 Å². The molecule has 4 aromatic rings. The van der Waals surface area contributed by atoms with Crippen LogP contribution < -0.4 is 11.2 Å². The first-order chi connectivity index (χ1) is 15.4. The summed E-state index contributed by atoms with van der Waals surface area (Å²) in [5, 5.41) is 8.34. The lowest BCUT2D eigenvalue weighted by Gasteiger charge is -2.14. The minimum atomic E-state index is -0.812. The van der Waals surface area contributed by atoms with E-state index in [0.29, 0.717) is 16.8 Å². The van der Waals surface area contributed by atoms with Crippen LogP contribution in [0.2, 0.25) is 0 Å². The normalized spacial score (nSPS) is 12.1. The summed E-state index contributed by atoms with van der Waals surface area (Å²) in [7, 11) is 0. The summed E-state index contributed by atoms with van der Waals surface area (Å²) >= 11 is 0. The van der Waals surface area contributed by atoms with Gasteiger partial charge in [-0.25, -0.2) is 4.79 Å².